The molecule has 6 nitrogen and oxygen atoms in total. The zero-order valence-corrected chi connectivity index (χ0v) is 15.3. The molecule has 4 rings (SSSR count). The van der Waals surface area contributed by atoms with Gasteiger partial charge in [-0.1, -0.05) is 12.1 Å². The molecule has 0 aliphatic carbocycles. The second kappa shape index (κ2) is 7.62. The Morgan fingerprint density at radius 1 is 1.07 bits per heavy atom. The molecule has 0 saturated carbocycles. The van der Waals surface area contributed by atoms with Gasteiger partial charge in [-0.2, -0.15) is 13.2 Å². The lowest BCUT2D eigenvalue weighted by Gasteiger charge is -2.13. The van der Waals surface area contributed by atoms with E-state index in [1.807, 2.05) is 0 Å². The number of aromatic amines is 1. The number of fused-ring (bicyclic) bond motifs is 1. The Hall–Kier alpha value is -3.69. The van der Waals surface area contributed by atoms with E-state index in [2.05, 4.69) is 20.3 Å². The fourth-order valence-corrected chi connectivity index (χ4v) is 2.97. The van der Waals surface area contributed by atoms with Crippen LogP contribution in [-0.4, -0.2) is 15.0 Å². The molecular formula is C20H14F4N4O2. The highest BCUT2D eigenvalue weighted by molar-refractivity contribution is 5.77. The summed E-state index contributed by atoms with van der Waals surface area (Å²) in [5.41, 5.74) is 0.785. The molecule has 0 unspecified atom stereocenters. The summed E-state index contributed by atoms with van der Waals surface area (Å²) in [4.78, 5) is 21.5. The molecule has 0 aliphatic rings. The van der Waals surface area contributed by atoms with Gasteiger partial charge < -0.3 is 9.73 Å². The number of benzene rings is 2. The first-order chi connectivity index (χ1) is 14.3. The summed E-state index contributed by atoms with van der Waals surface area (Å²) in [6.45, 7) is 0. The van der Waals surface area contributed by atoms with Gasteiger partial charge in [0, 0.05) is 18.0 Å². The van der Waals surface area contributed by atoms with Crippen LogP contribution in [0.2, 0.25) is 0 Å². The summed E-state index contributed by atoms with van der Waals surface area (Å²) >= 11 is 0. The number of hydrogen-bond donors (Lipinski definition) is 2. The van der Waals surface area contributed by atoms with Gasteiger partial charge in [0.05, 0.1) is 16.8 Å². The monoisotopic (exact) mass is 418 g/mol. The molecule has 0 spiro atoms. The Balaban J connectivity index is 1.60. The van der Waals surface area contributed by atoms with Crippen LogP contribution in [0.1, 0.15) is 16.8 Å². The second-order valence-corrected chi connectivity index (χ2v) is 6.53. The molecule has 0 amide bonds. The van der Waals surface area contributed by atoms with Crippen LogP contribution in [0.25, 0.3) is 11.1 Å². The molecule has 2 aromatic carbocycles. The van der Waals surface area contributed by atoms with E-state index in [0.29, 0.717) is 16.8 Å². The molecule has 2 aromatic heterocycles. The fraction of sp³-hybridized carbons (Fsp3) is 0.150. The predicted molar refractivity (Wildman–Crippen MR) is 101 cm³/mol. The van der Waals surface area contributed by atoms with Crippen molar-refractivity contribution in [1.29, 1.82) is 0 Å². The van der Waals surface area contributed by atoms with E-state index in [-0.39, 0.29) is 30.1 Å². The van der Waals surface area contributed by atoms with Crippen LogP contribution in [0.4, 0.5) is 29.2 Å². The number of aryl methyl sites for hydroxylation is 2. The highest BCUT2D eigenvalue weighted by Gasteiger charge is 2.34. The van der Waals surface area contributed by atoms with Gasteiger partial charge in [-0.15, -0.1) is 0 Å². The molecule has 30 heavy (non-hydrogen) atoms. The summed E-state index contributed by atoms with van der Waals surface area (Å²) < 4.78 is 58.1. The minimum Gasteiger partial charge on any atom is -0.408 e. The first-order valence-electron chi connectivity index (χ1n) is 8.85. The summed E-state index contributed by atoms with van der Waals surface area (Å²) in [5, 5.41) is 2.81. The van der Waals surface area contributed by atoms with E-state index >= 15 is 0 Å². The standard InChI is InChI=1S/C20H14F4N4O2/c21-12-4-1-11(2-5-12)3-7-15-14(20(22,23)24)10-25-18(27-15)26-13-6-8-16-17(9-13)30-19(29)28-16/h1-2,4-6,8-10H,3,7H2,(H,28,29)(H,25,26,27). The van der Waals surface area contributed by atoms with Gasteiger partial charge in [0.2, 0.25) is 5.95 Å². The highest BCUT2D eigenvalue weighted by Crippen LogP contribution is 2.32. The molecule has 2 N–H and O–H groups in total. The summed E-state index contributed by atoms with van der Waals surface area (Å²) in [7, 11) is 0. The van der Waals surface area contributed by atoms with Gasteiger partial charge in [-0.05, 0) is 42.7 Å². The molecule has 4 aromatic rings. The largest absolute Gasteiger partial charge is 0.419 e. The number of rotatable bonds is 5. The maximum atomic E-state index is 13.4. The van der Waals surface area contributed by atoms with Crippen molar-refractivity contribution >= 4 is 22.7 Å². The second-order valence-electron chi connectivity index (χ2n) is 6.53. The zero-order chi connectivity index (χ0) is 21.3. The SMILES string of the molecule is O=c1[nH]c2ccc(Nc3ncc(C(F)(F)F)c(CCc4ccc(F)cc4)n3)cc2o1. The number of oxazole rings is 1. The van der Waals surface area contributed by atoms with Gasteiger partial charge in [0.1, 0.15) is 5.82 Å². The normalized spacial score (nSPS) is 11.7. The molecular weight excluding hydrogens is 404 g/mol. The maximum absolute atomic E-state index is 13.4. The van der Waals surface area contributed by atoms with Crippen molar-refractivity contribution in [2.75, 3.05) is 5.32 Å². The Kier molecular flexibility index (Phi) is 4.98. The van der Waals surface area contributed by atoms with Crippen LogP contribution in [0.15, 0.2) is 57.9 Å². The molecule has 0 saturated heterocycles. The Morgan fingerprint density at radius 3 is 2.57 bits per heavy atom. The van der Waals surface area contributed by atoms with Crippen LogP contribution < -0.4 is 11.1 Å². The molecule has 0 atom stereocenters. The minimum absolute atomic E-state index is 0.0105. The zero-order valence-electron chi connectivity index (χ0n) is 15.3. The van der Waals surface area contributed by atoms with Crippen molar-refractivity contribution in [3.63, 3.8) is 0 Å². The number of halogens is 4. The fourth-order valence-electron chi connectivity index (χ4n) is 2.97. The Morgan fingerprint density at radius 2 is 1.83 bits per heavy atom. The number of H-pyrrole nitrogens is 1. The lowest BCUT2D eigenvalue weighted by molar-refractivity contribution is -0.138. The number of aromatic nitrogens is 3. The van der Waals surface area contributed by atoms with Crippen LogP contribution in [0.3, 0.4) is 0 Å². The van der Waals surface area contributed by atoms with Crippen molar-refractivity contribution in [1.82, 2.24) is 15.0 Å². The molecule has 2 heterocycles. The molecule has 154 valence electrons. The average molecular weight is 418 g/mol. The van der Waals surface area contributed by atoms with Crippen molar-refractivity contribution in [3.05, 3.63) is 81.9 Å². The van der Waals surface area contributed by atoms with Crippen LogP contribution in [0.5, 0.6) is 0 Å². The number of alkyl halides is 3. The lowest BCUT2D eigenvalue weighted by Crippen LogP contribution is -2.14. The Bertz CT molecular complexity index is 1250. The number of nitrogens with zero attached hydrogens (tertiary/aromatic N) is 2. The molecule has 0 radical (unpaired) electrons. The first-order valence-corrected chi connectivity index (χ1v) is 8.85. The van der Waals surface area contributed by atoms with Gasteiger partial charge in [0.25, 0.3) is 0 Å². The molecule has 0 fully saturated rings. The van der Waals surface area contributed by atoms with E-state index in [1.54, 1.807) is 12.1 Å². The van der Waals surface area contributed by atoms with E-state index in [1.165, 1.54) is 30.3 Å². The van der Waals surface area contributed by atoms with Gasteiger partial charge in [-0.25, -0.2) is 19.2 Å². The predicted octanol–water partition coefficient (Wildman–Crippen LogP) is 4.60. The Labute approximate surface area is 166 Å². The smallest absolute Gasteiger partial charge is 0.408 e. The van der Waals surface area contributed by atoms with Crippen LogP contribution in [0, 0.1) is 5.82 Å². The number of anilines is 2. The first kappa shape index (κ1) is 19.6. The van der Waals surface area contributed by atoms with E-state index in [9.17, 15) is 22.4 Å². The minimum atomic E-state index is -4.61. The molecule has 0 aliphatic heterocycles. The molecule has 10 heteroatoms. The van der Waals surface area contributed by atoms with Crippen molar-refractivity contribution < 1.29 is 22.0 Å². The van der Waals surface area contributed by atoms with Crippen LogP contribution in [-0.2, 0) is 19.0 Å². The van der Waals surface area contributed by atoms with Gasteiger partial charge in [0.15, 0.2) is 5.58 Å². The van der Waals surface area contributed by atoms with E-state index in [0.717, 1.165) is 6.20 Å². The topological polar surface area (TPSA) is 83.8 Å². The third kappa shape index (κ3) is 4.32. The summed E-state index contributed by atoms with van der Waals surface area (Å²) in [6, 6.07) is 10.2. The quantitative estimate of drug-likeness (QED) is 0.463. The van der Waals surface area contributed by atoms with E-state index in [4.69, 9.17) is 4.42 Å². The maximum Gasteiger partial charge on any atom is 0.419 e. The van der Waals surface area contributed by atoms with Crippen LogP contribution >= 0.6 is 0 Å². The van der Waals surface area contributed by atoms with Gasteiger partial charge in [-0.3, -0.25) is 4.98 Å². The van der Waals surface area contributed by atoms with Crippen molar-refractivity contribution in [3.8, 4) is 0 Å². The van der Waals surface area contributed by atoms with Crippen molar-refractivity contribution in [2.45, 2.75) is 19.0 Å². The number of nitrogens with one attached hydrogen (secondary N) is 2. The van der Waals surface area contributed by atoms with E-state index < -0.39 is 23.3 Å². The highest BCUT2D eigenvalue weighted by atomic mass is 19.4. The summed E-state index contributed by atoms with van der Waals surface area (Å²) in [5.74, 6) is -1.07. The lowest BCUT2D eigenvalue weighted by atomic mass is 10.1. The summed E-state index contributed by atoms with van der Waals surface area (Å²) in [6.07, 6.45) is -3.64. The third-order valence-corrected chi connectivity index (χ3v) is 4.41. The average Bonchev–Trinajstić information content (AvgIpc) is 3.06. The molecule has 0 bridgehead atoms. The van der Waals surface area contributed by atoms with Gasteiger partial charge >= 0.3 is 11.9 Å². The van der Waals surface area contributed by atoms with Crippen molar-refractivity contribution in [2.24, 2.45) is 0 Å². The third-order valence-electron chi connectivity index (χ3n) is 4.41. The number of hydrogen-bond acceptors (Lipinski definition) is 5.